The van der Waals surface area contributed by atoms with Gasteiger partial charge in [-0.3, -0.25) is 4.79 Å². The van der Waals surface area contributed by atoms with Gasteiger partial charge in [0.05, 0.1) is 12.5 Å². The summed E-state index contributed by atoms with van der Waals surface area (Å²) in [6.45, 7) is 1.59. The standard InChI is InChI=1S/C12H16N2O2.ClH/c13-6-7-14-12(15)10-5-8-16-11-4-2-1-3-9(10)11;/h1-4,10H,5-8,13H2,(H,14,15);1H. The van der Waals surface area contributed by atoms with Crippen molar-refractivity contribution in [1.29, 1.82) is 0 Å². The van der Waals surface area contributed by atoms with E-state index in [0.717, 1.165) is 17.7 Å². The van der Waals surface area contributed by atoms with E-state index in [2.05, 4.69) is 5.32 Å². The first-order valence-corrected chi connectivity index (χ1v) is 5.52. The number of hydrogen-bond acceptors (Lipinski definition) is 3. The molecule has 94 valence electrons. The number of nitrogens with one attached hydrogen (secondary N) is 1. The van der Waals surface area contributed by atoms with E-state index < -0.39 is 0 Å². The van der Waals surface area contributed by atoms with Crippen LogP contribution in [0.2, 0.25) is 0 Å². The molecule has 3 N–H and O–H groups in total. The van der Waals surface area contributed by atoms with Gasteiger partial charge in [0.25, 0.3) is 0 Å². The van der Waals surface area contributed by atoms with Crippen molar-refractivity contribution in [2.24, 2.45) is 5.73 Å². The summed E-state index contributed by atoms with van der Waals surface area (Å²) in [5.41, 5.74) is 6.34. The Morgan fingerprint density at radius 2 is 2.24 bits per heavy atom. The summed E-state index contributed by atoms with van der Waals surface area (Å²) in [4.78, 5) is 11.9. The summed E-state index contributed by atoms with van der Waals surface area (Å²) in [5, 5.41) is 2.82. The highest BCUT2D eigenvalue weighted by Crippen LogP contribution is 2.33. The molecule has 0 spiro atoms. The largest absolute Gasteiger partial charge is 0.493 e. The quantitative estimate of drug-likeness (QED) is 0.850. The van der Waals surface area contributed by atoms with Gasteiger partial charge in [0.15, 0.2) is 0 Å². The zero-order chi connectivity index (χ0) is 11.4. The van der Waals surface area contributed by atoms with Gasteiger partial charge in [-0.15, -0.1) is 12.4 Å². The molecular weight excluding hydrogens is 240 g/mol. The van der Waals surface area contributed by atoms with E-state index in [-0.39, 0.29) is 24.2 Å². The molecule has 1 aliphatic heterocycles. The van der Waals surface area contributed by atoms with Gasteiger partial charge in [-0.05, 0) is 12.5 Å². The highest BCUT2D eigenvalue weighted by atomic mass is 35.5. The number of carbonyl (C=O) groups is 1. The zero-order valence-corrected chi connectivity index (χ0v) is 10.3. The topological polar surface area (TPSA) is 64.3 Å². The van der Waals surface area contributed by atoms with Crippen molar-refractivity contribution in [2.75, 3.05) is 19.7 Å². The Morgan fingerprint density at radius 3 is 3.00 bits per heavy atom. The van der Waals surface area contributed by atoms with Gasteiger partial charge in [-0.25, -0.2) is 0 Å². The lowest BCUT2D eigenvalue weighted by atomic mass is 9.92. The molecule has 1 heterocycles. The van der Waals surface area contributed by atoms with Crippen molar-refractivity contribution >= 4 is 18.3 Å². The molecule has 1 atom stereocenters. The second-order valence-electron chi connectivity index (χ2n) is 3.81. The lowest BCUT2D eigenvalue weighted by molar-refractivity contribution is -0.123. The molecule has 0 saturated carbocycles. The van der Waals surface area contributed by atoms with Crippen LogP contribution in [-0.4, -0.2) is 25.6 Å². The van der Waals surface area contributed by atoms with Crippen LogP contribution in [0.4, 0.5) is 0 Å². The number of amides is 1. The minimum atomic E-state index is -0.100. The van der Waals surface area contributed by atoms with E-state index in [9.17, 15) is 4.79 Å². The van der Waals surface area contributed by atoms with Crippen LogP contribution in [0.3, 0.4) is 0 Å². The molecule has 0 saturated heterocycles. The zero-order valence-electron chi connectivity index (χ0n) is 9.52. The first-order chi connectivity index (χ1) is 7.83. The van der Waals surface area contributed by atoms with Crippen LogP contribution in [0, 0.1) is 0 Å². The molecule has 17 heavy (non-hydrogen) atoms. The average molecular weight is 257 g/mol. The molecule has 0 bridgehead atoms. The molecule has 0 aromatic heterocycles. The monoisotopic (exact) mass is 256 g/mol. The number of ether oxygens (including phenoxy) is 1. The number of rotatable bonds is 3. The Labute approximate surface area is 107 Å². The van der Waals surface area contributed by atoms with Gasteiger partial charge in [0, 0.05) is 18.7 Å². The van der Waals surface area contributed by atoms with E-state index in [4.69, 9.17) is 10.5 Å². The minimum Gasteiger partial charge on any atom is -0.493 e. The fraction of sp³-hybridized carbons (Fsp3) is 0.417. The average Bonchev–Trinajstić information content (AvgIpc) is 2.35. The second kappa shape index (κ2) is 6.47. The van der Waals surface area contributed by atoms with E-state index in [1.807, 2.05) is 24.3 Å². The summed E-state index contributed by atoms with van der Waals surface area (Å²) in [5.74, 6) is 0.763. The Kier molecular flexibility index (Phi) is 5.25. The Balaban J connectivity index is 0.00000144. The molecule has 5 heteroatoms. The molecule has 1 aromatic rings. The number of fused-ring (bicyclic) bond motifs is 1. The third-order valence-electron chi connectivity index (χ3n) is 2.72. The van der Waals surface area contributed by atoms with Crippen molar-refractivity contribution in [3.63, 3.8) is 0 Å². The summed E-state index contributed by atoms with van der Waals surface area (Å²) in [7, 11) is 0. The number of nitrogens with two attached hydrogens (primary N) is 1. The molecule has 0 fully saturated rings. The van der Waals surface area contributed by atoms with Gasteiger partial charge in [0.2, 0.25) is 5.91 Å². The Bertz CT molecular complexity index is 385. The minimum absolute atomic E-state index is 0. The predicted octanol–water partition coefficient (Wildman–Crippen LogP) is 1.05. The van der Waals surface area contributed by atoms with Gasteiger partial charge >= 0.3 is 0 Å². The maximum absolute atomic E-state index is 11.9. The van der Waals surface area contributed by atoms with Gasteiger partial charge < -0.3 is 15.8 Å². The van der Waals surface area contributed by atoms with Crippen LogP contribution in [-0.2, 0) is 4.79 Å². The smallest absolute Gasteiger partial charge is 0.227 e. The number of carbonyl (C=O) groups excluding carboxylic acids is 1. The SMILES string of the molecule is Cl.NCCNC(=O)C1CCOc2ccccc21. The molecule has 1 amide bonds. The second-order valence-corrected chi connectivity index (χ2v) is 3.81. The van der Waals surface area contributed by atoms with Crippen molar-refractivity contribution in [2.45, 2.75) is 12.3 Å². The fourth-order valence-electron chi connectivity index (χ4n) is 1.93. The lowest BCUT2D eigenvalue weighted by Gasteiger charge is -2.24. The van der Waals surface area contributed by atoms with Crippen LogP contribution < -0.4 is 15.8 Å². The summed E-state index contributed by atoms with van der Waals surface area (Å²) >= 11 is 0. The molecule has 0 radical (unpaired) electrons. The van der Waals surface area contributed by atoms with E-state index in [1.54, 1.807) is 0 Å². The number of hydrogen-bond donors (Lipinski definition) is 2. The molecule has 1 unspecified atom stereocenters. The normalized spacial score (nSPS) is 17.4. The number of para-hydroxylation sites is 1. The Morgan fingerprint density at radius 1 is 1.47 bits per heavy atom. The van der Waals surface area contributed by atoms with Gasteiger partial charge in [-0.1, -0.05) is 18.2 Å². The summed E-state index contributed by atoms with van der Waals surface area (Å²) < 4.78 is 5.50. The summed E-state index contributed by atoms with van der Waals surface area (Å²) in [6.07, 6.45) is 0.730. The molecule has 2 rings (SSSR count). The third kappa shape index (κ3) is 3.11. The van der Waals surface area contributed by atoms with Crippen molar-refractivity contribution < 1.29 is 9.53 Å². The maximum Gasteiger partial charge on any atom is 0.227 e. The molecule has 0 aliphatic carbocycles. The van der Waals surface area contributed by atoms with E-state index in [0.29, 0.717) is 19.7 Å². The van der Waals surface area contributed by atoms with Crippen LogP contribution in [0.1, 0.15) is 17.9 Å². The fourth-order valence-corrected chi connectivity index (χ4v) is 1.93. The lowest BCUT2D eigenvalue weighted by Crippen LogP contribution is -2.35. The highest BCUT2D eigenvalue weighted by molar-refractivity contribution is 5.85. The maximum atomic E-state index is 11.9. The molecule has 1 aromatic carbocycles. The van der Waals surface area contributed by atoms with Crippen LogP contribution >= 0.6 is 12.4 Å². The van der Waals surface area contributed by atoms with E-state index in [1.165, 1.54) is 0 Å². The van der Waals surface area contributed by atoms with Crippen molar-refractivity contribution in [1.82, 2.24) is 5.32 Å². The number of benzene rings is 1. The number of halogens is 1. The third-order valence-corrected chi connectivity index (χ3v) is 2.72. The van der Waals surface area contributed by atoms with Crippen LogP contribution in [0.5, 0.6) is 5.75 Å². The predicted molar refractivity (Wildman–Crippen MR) is 68.6 cm³/mol. The van der Waals surface area contributed by atoms with E-state index >= 15 is 0 Å². The molecule has 1 aliphatic rings. The summed E-state index contributed by atoms with van der Waals surface area (Å²) in [6, 6.07) is 7.69. The van der Waals surface area contributed by atoms with Gasteiger partial charge in [0.1, 0.15) is 5.75 Å². The van der Waals surface area contributed by atoms with Crippen LogP contribution in [0.25, 0.3) is 0 Å². The highest BCUT2D eigenvalue weighted by Gasteiger charge is 2.26. The molecule has 4 nitrogen and oxygen atoms in total. The Hall–Kier alpha value is -1.26. The van der Waals surface area contributed by atoms with Crippen molar-refractivity contribution in [3.05, 3.63) is 29.8 Å². The van der Waals surface area contributed by atoms with Crippen molar-refractivity contribution in [3.8, 4) is 5.75 Å². The van der Waals surface area contributed by atoms with Crippen LogP contribution in [0.15, 0.2) is 24.3 Å². The van der Waals surface area contributed by atoms with Gasteiger partial charge in [-0.2, -0.15) is 0 Å². The first kappa shape index (κ1) is 13.8. The first-order valence-electron chi connectivity index (χ1n) is 5.52. The molecular formula is C12H17ClN2O2.